The summed E-state index contributed by atoms with van der Waals surface area (Å²) in [6.07, 6.45) is 0. The molecule has 0 aliphatic carbocycles. The summed E-state index contributed by atoms with van der Waals surface area (Å²) in [6.45, 7) is 6.76. The van der Waals surface area contributed by atoms with Gasteiger partial charge < -0.3 is 18.3 Å². The van der Waals surface area contributed by atoms with Crippen LogP contribution in [-0.4, -0.2) is 18.3 Å². The summed E-state index contributed by atoms with van der Waals surface area (Å²) < 4.78 is 14.9. The zero-order valence-electron chi connectivity index (χ0n) is 45.5. The van der Waals surface area contributed by atoms with E-state index in [1.807, 2.05) is 22.7 Å². The Morgan fingerprint density at radius 1 is 0.301 bits per heavy atom. The Morgan fingerprint density at radius 2 is 0.614 bits per heavy atom. The number of thiophene rings is 2. The molecule has 18 rings (SSSR count). The maximum atomic E-state index is 13.3. The smallest absolute Gasteiger partial charge is 0.104 e. The fourth-order valence-corrected chi connectivity index (χ4v) is 16.9. The topological polar surface area (TPSA) is 43.5 Å². The van der Waals surface area contributed by atoms with Gasteiger partial charge in [0.25, 0.3) is 0 Å². The van der Waals surface area contributed by atoms with E-state index in [0.29, 0.717) is 5.56 Å². The Hall–Kier alpha value is -10.2. The molecule has 0 saturated heterocycles. The Morgan fingerprint density at radius 3 is 1.00 bits per heavy atom. The Kier molecular flexibility index (Phi) is 9.61. The first-order chi connectivity index (χ1) is 40.9. The van der Waals surface area contributed by atoms with Crippen LogP contribution in [0.25, 0.3) is 161 Å². The summed E-state index contributed by atoms with van der Waals surface area (Å²) in [5.41, 5.74) is 18.2. The van der Waals surface area contributed by atoms with E-state index < -0.39 is 0 Å². The van der Waals surface area contributed by atoms with Gasteiger partial charge in [-0.15, -0.1) is 22.7 Å². The van der Waals surface area contributed by atoms with Gasteiger partial charge >= 0.3 is 0 Å². The minimum absolute atomic E-state index is 0.561. The van der Waals surface area contributed by atoms with Gasteiger partial charge in [-0.3, -0.25) is 0 Å². The average molecular weight is 1090 g/mol. The van der Waals surface area contributed by atoms with Gasteiger partial charge in [-0.05, 0) is 91.6 Å². The SMILES string of the molecule is Cc1cc(C)c(-c2c(-n3c4ccccc4c4ccccc43)c(-n3c4ccccc4c4ccc5c6ccccc6sc5c43)c(C#N)c(-n3c4ccccc4c4ccc5c6ccccc6sc5c43)c2-n2c3ccccc3c3ccccc32)cc1C. The molecule has 0 spiro atoms. The van der Waals surface area contributed by atoms with Gasteiger partial charge in [-0.25, -0.2) is 0 Å². The van der Waals surface area contributed by atoms with E-state index >= 15 is 0 Å². The molecule has 12 aromatic carbocycles. The molecule has 388 valence electrons. The lowest BCUT2D eigenvalue weighted by Crippen LogP contribution is -2.16. The third kappa shape index (κ3) is 6.18. The second kappa shape index (κ2) is 17.2. The molecule has 6 heterocycles. The van der Waals surface area contributed by atoms with Crippen molar-refractivity contribution < 1.29 is 0 Å². The van der Waals surface area contributed by atoms with Gasteiger partial charge in [0.05, 0.1) is 76.3 Å². The van der Waals surface area contributed by atoms with Gasteiger partial charge in [0.1, 0.15) is 11.6 Å². The molecule has 7 heteroatoms. The number of nitrogens with zero attached hydrogens (tertiary/aromatic N) is 5. The molecule has 0 amide bonds. The zero-order chi connectivity index (χ0) is 54.9. The highest BCUT2D eigenvalue weighted by molar-refractivity contribution is 7.27. The molecule has 0 saturated carbocycles. The van der Waals surface area contributed by atoms with Crippen molar-refractivity contribution in [2.45, 2.75) is 20.8 Å². The molecule has 18 aromatic rings. The molecule has 0 aliphatic rings. The highest BCUT2D eigenvalue weighted by atomic mass is 32.1. The lowest BCUT2D eigenvalue weighted by atomic mass is 9.89. The summed E-state index contributed by atoms with van der Waals surface area (Å²) in [5, 5.41) is 27.3. The van der Waals surface area contributed by atoms with E-state index in [4.69, 9.17) is 0 Å². The number of para-hydroxylation sites is 6. The summed E-state index contributed by atoms with van der Waals surface area (Å²) in [5.74, 6) is 0. The molecule has 0 bridgehead atoms. The summed E-state index contributed by atoms with van der Waals surface area (Å²) in [7, 11) is 0. The molecular weight excluding hydrogens is 1050 g/mol. The van der Waals surface area contributed by atoms with Crippen LogP contribution in [0.1, 0.15) is 22.3 Å². The van der Waals surface area contributed by atoms with Crippen molar-refractivity contribution in [1.29, 1.82) is 5.26 Å². The second-order valence-corrected chi connectivity index (χ2v) is 24.4. The standard InChI is InChI=1S/C76H47N5S2/c1-43-40-45(3)58(41-44(43)2)68-73(78-60-28-12-4-20-46(60)47-21-5-13-29-61(47)78)69(80-64-32-16-8-24-50(64)54-36-38-56-52-26-10-18-34-66(52)82-75(56)71(54)80)59(42-77)70(74(68)79-62-30-14-6-22-48(62)49-23-7-15-31-63(49)79)81-65-33-17-9-25-51(65)55-37-39-57-53-27-11-19-35-67(53)83-76(57)72(55)81/h4-41H,1-3H3. The predicted octanol–water partition coefficient (Wildman–Crippen LogP) is 21.3. The number of hydrogen-bond donors (Lipinski definition) is 0. The number of hydrogen-bond acceptors (Lipinski definition) is 3. The average Bonchev–Trinajstić information content (AvgIpc) is 1.89. The van der Waals surface area contributed by atoms with E-state index in [0.717, 1.165) is 127 Å². The number of aromatic nitrogens is 4. The van der Waals surface area contributed by atoms with Gasteiger partial charge in [-0.1, -0.05) is 182 Å². The Labute approximate surface area is 484 Å². The number of benzene rings is 12. The number of aryl methyl sites for hydroxylation is 3. The largest absolute Gasteiger partial charge is 0.306 e. The molecule has 0 N–H and O–H groups in total. The normalized spacial score (nSPS) is 12.3. The van der Waals surface area contributed by atoms with E-state index in [-0.39, 0.29) is 0 Å². The molecular formula is C76H47N5S2. The molecule has 0 radical (unpaired) electrons. The van der Waals surface area contributed by atoms with E-state index in [2.05, 4.69) is 276 Å². The first kappa shape index (κ1) is 46.5. The van der Waals surface area contributed by atoms with Crippen LogP contribution in [0.15, 0.2) is 231 Å². The minimum Gasteiger partial charge on any atom is -0.306 e. The molecule has 6 aromatic heterocycles. The molecule has 0 unspecified atom stereocenters. The fourth-order valence-electron chi connectivity index (χ4n) is 14.4. The van der Waals surface area contributed by atoms with Crippen LogP contribution >= 0.6 is 22.7 Å². The van der Waals surface area contributed by atoms with Gasteiger partial charge in [-0.2, -0.15) is 5.26 Å². The maximum Gasteiger partial charge on any atom is 0.104 e. The van der Waals surface area contributed by atoms with Crippen LogP contribution in [0.4, 0.5) is 0 Å². The third-order valence-corrected chi connectivity index (χ3v) is 20.4. The molecule has 0 aliphatic heterocycles. The quantitative estimate of drug-likeness (QED) is 0.169. The number of fused-ring (bicyclic) bond motifs is 20. The summed E-state index contributed by atoms with van der Waals surface area (Å²) >= 11 is 3.68. The monoisotopic (exact) mass is 1090 g/mol. The second-order valence-electron chi connectivity index (χ2n) is 22.3. The predicted molar refractivity (Wildman–Crippen MR) is 354 cm³/mol. The highest BCUT2D eigenvalue weighted by Gasteiger charge is 2.36. The van der Waals surface area contributed by atoms with Crippen LogP contribution in [0.5, 0.6) is 0 Å². The van der Waals surface area contributed by atoms with Crippen LogP contribution in [-0.2, 0) is 0 Å². The van der Waals surface area contributed by atoms with E-state index in [1.165, 1.54) is 51.5 Å². The van der Waals surface area contributed by atoms with Crippen molar-refractivity contribution in [2.24, 2.45) is 0 Å². The van der Waals surface area contributed by atoms with Crippen molar-refractivity contribution in [3.05, 3.63) is 253 Å². The molecule has 83 heavy (non-hydrogen) atoms. The van der Waals surface area contributed by atoms with Crippen molar-refractivity contribution in [3.8, 4) is 39.9 Å². The van der Waals surface area contributed by atoms with Crippen molar-refractivity contribution in [2.75, 3.05) is 0 Å². The first-order valence-corrected chi connectivity index (χ1v) is 30.0. The van der Waals surface area contributed by atoms with Crippen LogP contribution in [0, 0.1) is 32.1 Å². The molecule has 0 atom stereocenters. The van der Waals surface area contributed by atoms with Gasteiger partial charge in [0, 0.05) is 79.6 Å². The van der Waals surface area contributed by atoms with Crippen LogP contribution in [0.3, 0.4) is 0 Å². The van der Waals surface area contributed by atoms with Gasteiger partial charge in [0.2, 0.25) is 0 Å². The number of rotatable bonds is 5. The lowest BCUT2D eigenvalue weighted by Gasteiger charge is -2.30. The van der Waals surface area contributed by atoms with Crippen LogP contribution < -0.4 is 0 Å². The third-order valence-electron chi connectivity index (χ3n) is 18.0. The van der Waals surface area contributed by atoms with E-state index in [1.54, 1.807) is 0 Å². The summed E-state index contributed by atoms with van der Waals surface area (Å²) in [4.78, 5) is 0. The Balaban J connectivity index is 1.22. The summed E-state index contributed by atoms with van der Waals surface area (Å²) in [6, 6.07) is 88.1. The number of nitriles is 1. The molecule has 5 nitrogen and oxygen atoms in total. The van der Waals surface area contributed by atoms with Gasteiger partial charge in [0.15, 0.2) is 0 Å². The van der Waals surface area contributed by atoms with Crippen molar-refractivity contribution in [3.63, 3.8) is 0 Å². The molecule has 0 fully saturated rings. The first-order valence-electron chi connectivity index (χ1n) is 28.3. The Bertz CT molecular complexity index is 5510. The van der Waals surface area contributed by atoms with E-state index in [9.17, 15) is 5.26 Å². The fraction of sp³-hybridized carbons (Fsp3) is 0.0395. The van der Waals surface area contributed by atoms with Crippen LogP contribution in [0.2, 0.25) is 0 Å². The lowest BCUT2D eigenvalue weighted by molar-refractivity contribution is 1.04. The van der Waals surface area contributed by atoms with Crippen molar-refractivity contribution in [1.82, 2.24) is 18.3 Å². The zero-order valence-corrected chi connectivity index (χ0v) is 47.1. The maximum absolute atomic E-state index is 13.3. The highest BCUT2D eigenvalue weighted by Crippen LogP contribution is 2.54. The van der Waals surface area contributed by atoms with Crippen molar-refractivity contribution >= 4 is 150 Å². The minimum atomic E-state index is 0.561.